The van der Waals surface area contributed by atoms with E-state index in [0.29, 0.717) is 31.0 Å². The van der Waals surface area contributed by atoms with Gasteiger partial charge in [-0.05, 0) is 36.1 Å². The summed E-state index contributed by atoms with van der Waals surface area (Å²) in [4.78, 5) is 15.3. The molecule has 0 N–H and O–H groups in total. The van der Waals surface area contributed by atoms with E-state index in [0.717, 1.165) is 10.4 Å². The minimum atomic E-state index is 0.139. The molecule has 0 saturated heterocycles. The summed E-state index contributed by atoms with van der Waals surface area (Å²) in [6.07, 6.45) is 0.457. The molecule has 1 aromatic carbocycles. The molecule has 0 fully saturated rings. The van der Waals surface area contributed by atoms with Crippen LogP contribution in [0.1, 0.15) is 17.4 Å². The van der Waals surface area contributed by atoms with Crippen LogP contribution in [0.25, 0.3) is 0 Å². The SMILES string of the molecule is CCN(Cc1ccc(OC)c(OC)c1)C(=O)Cc1cccs1. The van der Waals surface area contributed by atoms with E-state index < -0.39 is 0 Å². The number of thiophene rings is 1. The Hall–Kier alpha value is -2.01. The molecule has 0 spiro atoms. The number of methoxy groups -OCH3 is 2. The van der Waals surface area contributed by atoms with E-state index in [4.69, 9.17) is 9.47 Å². The molecule has 2 aromatic rings. The molecule has 0 bridgehead atoms. The van der Waals surface area contributed by atoms with Crippen molar-refractivity contribution in [3.8, 4) is 11.5 Å². The third kappa shape index (κ3) is 4.01. The van der Waals surface area contributed by atoms with Crippen LogP contribution < -0.4 is 9.47 Å². The molecule has 4 nitrogen and oxygen atoms in total. The molecule has 1 heterocycles. The van der Waals surface area contributed by atoms with Crippen LogP contribution in [-0.4, -0.2) is 31.6 Å². The predicted octanol–water partition coefficient (Wildman–Crippen LogP) is 3.36. The van der Waals surface area contributed by atoms with Crippen molar-refractivity contribution in [3.05, 3.63) is 46.2 Å². The summed E-state index contributed by atoms with van der Waals surface area (Å²) in [7, 11) is 3.22. The van der Waals surface area contributed by atoms with E-state index in [1.807, 2.05) is 47.5 Å². The Bertz CT molecular complexity index is 610. The zero-order chi connectivity index (χ0) is 15.9. The molecule has 22 heavy (non-hydrogen) atoms. The second kappa shape index (κ2) is 7.84. The third-order valence-corrected chi connectivity index (χ3v) is 4.34. The molecule has 5 heteroatoms. The highest BCUT2D eigenvalue weighted by molar-refractivity contribution is 7.10. The minimum absolute atomic E-state index is 0.139. The fourth-order valence-electron chi connectivity index (χ4n) is 2.25. The van der Waals surface area contributed by atoms with Gasteiger partial charge in [0.2, 0.25) is 5.91 Å². The Morgan fingerprint density at radius 2 is 1.95 bits per heavy atom. The van der Waals surface area contributed by atoms with Gasteiger partial charge in [-0.15, -0.1) is 11.3 Å². The number of carbonyl (C=O) groups is 1. The molecule has 1 aromatic heterocycles. The van der Waals surface area contributed by atoms with Crippen LogP contribution in [-0.2, 0) is 17.8 Å². The van der Waals surface area contributed by atoms with Crippen molar-refractivity contribution in [2.24, 2.45) is 0 Å². The molecular formula is C17H21NO3S. The van der Waals surface area contributed by atoms with Gasteiger partial charge in [-0.1, -0.05) is 12.1 Å². The topological polar surface area (TPSA) is 38.8 Å². The first kappa shape index (κ1) is 16.4. The van der Waals surface area contributed by atoms with E-state index >= 15 is 0 Å². The summed E-state index contributed by atoms with van der Waals surface area (Å²) in [6.45, 7) is 3.24. The molecule has 0 aliphatic rings. The lowest BCUT2D eigenvalue weighted by atomic mass is 10.1. The molecule has 0 unspecified atom stereocenters. The second-order valence-electron chi connectivity index (χ2n) is 4.85. The van der Waals surface area contributed by atoms with Gasteiger partial charge in [0.1, 0.15) is 0 Å². The van der Waals surface area contributed by atoms with Crippen LogP contribution in [0.2, 0.25) is 0 Å². The van der Waals surface area contributed by atoms with Crippen molar-refractivity contribution in [2.45, 2.75) is 19.9 Å². The van der Waals surface area contributed by atoms with Gasteiger partial charge in [0.25, 0.3) is 0 Å². The Labute approximate surface area is 135 Å². The van der Waals surface area contributed by atoms with Crippen molar-refractivity contribution in [3.63, 3.8) is 0 Å². The van der Waals surface area contributed by atoms with Crippen molar-refractivity contribution in [1.82, 2.24) is 4.90 Å². The summed E-state index contributed by atoms with van der Waals surface area (Å²) >= 11 is 1.61. The summed E-state index contributed by atoms with van der Waals surface area (Å²) in [5.41, 5.74) is 1.03. The molecular weight excluding hydrogens is 298 g/mol. The van der Waals surface area contributed by atoms with Crippen LogP contribution in [0, 0.1) is 0 Å². The molecule has 0 atom stereocenters. The fraction of sp³-hybridized carbons (Fsp3) is 0.353. The Kier molecular flexibility index (Phi) is 5.83. The quantitative estimate of drug-likeness (QED) is 0.785. The number of benzene rings is 1. The maximum absolute atomic E-state index is 12.4. The van der Waals surface area contributed by atoms with Crippen LogP contribution in [0.4, 0.5) is 0 Å². The maximum atomic E-state index is 12.4. The molecule has 0 aliphatic carbocycles. The lowest BCUT2D eigenvalue weighted by Crippen LogP contribution is -2.31. The predicted molar refractivity (Wildman–Crippen MR) is 88.7 cm³/mol. The highest BCUT2D eigenvalue weighted by Gasteiger charge is 2.14. The number of likely N-dealkylation sites (N-methyl/N-ethyl adjacent to an activating group) is 1. The Balaban J connectivity index is 2.07. The molecule has 118 valence electrons. The minimum Gasteiger partial charge on any atom is -0.493 e. The van der Waals surface area contributed by atoms with Crippen LogP contribution >= 0.6 is 11.3 Å². The zero-order valence-electron chi connectivity index (χ0n) is 13.2. The average molecular weight is 319 g/mol. The van der Waals surface area contributed by atoms with E-state index in [1.165, 1.54) is 0 Å². The maximum Gasteiger partial charge on any atom is 0.228 e. The number of hydrogen-bond acceptors (Lipinski definition) is 4. The molecule has 0 aliphatic heterocycles. The first-order chi connectivity index (χ1) is 10.7. The summed E-state index contributed by atoms with van der Waals surface area (Å²) in [5.74, 6) is 1.51. The fourth-order valence-corrected chi connectivity index (χ4v) is 2.95. The highest BCUT2D eigenvalue weighted by Crippen LogP contribution is 2.28. The van der Waals surface area contributed by atoms with E-state index in [9.17, 15) is 4.79 Å². The normalized spacial score (nSPS) is 10.3. The van der Waals surface area contributed by atoms with E-state index in [-0.39, 0.29) is 5.91 Å². The standard InChI is InChI=1S/C17H21NO3S/c1-4-18(17(19)11-14-6-5-9-22-14)12-13-7-8-15(20-2)16(10-13)21-3/h5-10H,4,11-12H2,1-3H3. The second-order valence-corrected chi connectivity index (χ2v) is 5.89. The van der Waals surface area contributed by atoms with Crippen molar-refractivity contribution in [1.29, 1.82) is 0 Å². The number of hydrogen-bond donors (Lipinski definition) is 0. The van der Waals surface area contributed by atoms with Gasteiger partial charge in [0.15, 0.2) is 11.5 Å². The summed E-state index contributed by atoms with van der Waals surface area (Å²) in [5, 5.41) is 1.99. The average Bonchev–Trinajstić information content (AvgIpc) is 3.05. The van der Waals surface area contributed by atoms with Gasteiger partial charge >= 0.3 is 0 Å². The molecule has 0 radical (unpaired) electrons. The van der Waals surface area contributed by atoms with Crippen LogP contribution in [0.15, 0.2) is 35.7 Å². The van der Waals surface area contributed by atoms with Gasteiger partial charge < -0.3 is 14.4 Å². The van der Waals surface area contributed by atoms with Crippen LogP contribution in [0.5, 0.6) is 11.5 Å². The Morgan fingerprint density at radius 1 is 1.18 bits per heavy atom. The van der Waals surface area contributed by atoms with Gasteiger partial charge in [0.05, 0.1) is 20.6 Å². The van der Waals surface area contributed by atoms with Gasteiger partial charge in [-0.3, -0.25) is 4.79 Å². The Morgan fingerprint density at radius 3 is 2.55 bits per heavy atom. The van der Waals surface area contributed by atoms with Gasteiger partial charge in [0, 0.05) is 18.0 Å². The van der Waals surface area contributed by atoms with Gasteiger partial charge in [-0.25, -0.2) is 0 Å². The first-order valence-corrected chi connectivity index (χ1v) is 8.07. The van der Waals surface area contributed by atoms with E-state index in [1.54, 1.807) is 25.6 Å². The van der Waals surface area contributed by atoms with Crippen molar-refractivity contribution in [2.75, 3.05) is 20.8 Å². The largest absolute Gasteiger partial charge is 0.493 e. The molecule has 1 amide bonds. The summed E-state index contributed by atoms with van der Waals surface area (Å²) in [6, 6.07) is 9.71. The number of rotatable bonds is 7. The summed E-state index contributed by atoms with van der Waals surface area (Å²) < 4.78 is 10.5. The van der Waals surface area contributed by atoms with Crippen molar-refractivity contribution >= 4 is 17.2 Å². The highest BCUT2D eigenvalue weighted by atomic mass is 32.1. The lowest BCUT2D eigenvalue weighted by molar-refractivity contribution is -0.130. The monoisotopic (exact) mass is 319 g/mol. The number of ether oxygens (including phenoxy) is 2. The molecule has 2 rings (SSSR count). The third-order valence-electron chi connectivity index (χ3n) is 3.46. The smallest absolute Gasteiger partial charge is 0.228 e. The first-order valence-electron chi connectivity index (χ1n) is 7.19. The number of carbonyl (C=O) groups excluding carboxylic acids is 1. The zero-order valence-corrected chi connectivity index (χ0v) is 14.0. The molecule has 0 saturated carbocycles. The number of nitrogens with zero attached hydrogens (tertiary/aromatic N) is 1. The van der Waals surface area contributed by atoms with Crippen molar-refractivity contribution < 1.29 is 14.3 Å². The van der Waals surface area contributed by atoms with Gasteiger partial charge in [-0.2, -0.15) is 0 Å². The number of amides is 1. The van der Waals surface area contributed by atoms with E-state index in [2.05, 4.69) is 0 Å². The van der Waals surface area contributed by atoms with Crippen LogP contribution in [0.3, 0.4) is 0 Å². The lowest BCUT2D eigenvalue weighted by Gasteiger charge is -2.21.